The van der Waals surface area contributed by atoms with Crippen molar-refractivity contribution >= 4 is 23.0 Å². The summed E-state index contributed by atoms with van der Waals surface area (Å²) in [6.45, 7) is 11.3. The summed E-state index contributed by atoms with van der Waals surface area (Å²) in [4.78, 5) is 14.4. The Kier molecular flexibility index (Phi) is 7.52. The van der Waals surface area contributed by atoms with Gasteiger partial charge in [0.2, 0.25) is 5.91 Å². The van der Waals surface area contributed by atoms with Crippen molar-refractivity contribution < 1.29 is 4.79 Å². The second kappa shape index (κ2) is 9.85. The fourth-order valence-corrected chi connectivity index (χ4v) is 2.87. The number of amides is 1. The number of anilines is 3. The van der Waals surface area contributed by atoms with E-state index in [-0.39, 0.29) is 5.91 Å². The number of carbonyl (C=O) groups is 1. The highest BCUT2D eigenvalue weighted by Gasteiger charge is 2.05. The van der Waals surface area contributed by atoms with Gasteiger partial charge in [0.1, 0.15) is 0 Å². The third-order valence-corrected chi connectivity index (χ3v) is 4.54. The van der Waals surface area contributed by atoms with Gasteiger partial charge in [-0.25, -0.2) is 0 Å². The standard InChI is InChI=1S/C22H31N3O/c1-5-25(6-2)21-13-11-19(12-14-21)23-16-15-22(26)24-20-9-7-18(8-10-20)17(3)4/h7-14,17,23H,5-6,15-16H2,1-4H3,(H,24,26). The lowest BCUT2D eigenvalue weighted by Crippen LogP contribution is -2.21. The quantitative estimate of drug-likeness (QED) is 0.659. The lowest BCUT2D eigenvalue weighted by Gasteiger charge is -2.21. The molecule has 4 nitrogen and oxygen atoms in total. The van der Waals surface area contributed by atoms with Gasteiger partial charge >= 0.3 is 0 Å². The number of benzene rings is 2. The van der Waals surface area contributed by atoms with Crippen LogP contribution in [0.5, 0.6) is 0 Å². The van der Waals surface area contributed by atoms with Crippen molar-refractivity contribution in [1.29, 1.82) is 0 Å². The van der Waals surface area contributed by atoms with Crippen LogP contribution >= 0.6 is 0 Å². The van der Waals surface area contributed by atoms with E-state index in [2.05, 4.69) is 79.6 Å². The van der Waals surface area contributed by atoms with Gasteiger partial charge in [-0.2, -0.15) is 0 Å². The zero-order valence-electron chi connectivity index (χ0n) is 16.4. The van der Waals surface area contributed by atoms with Crippen LogP contribution in [-0.4, -0.2) is 25.5 Å². The summed E-state index contributed by atoms with van der Waals surface area (Å²) >= 11 is 0. The number of rotatable bonds is 9. The summed E-state index contributed by atoms with van der Waals surface area (Å²) in [5, 5.41) is 6.26. The number of nitrogens with zero attached hydrogens (tertiary/aromatic N) is 1. The van der Waals surface area contributed by atoms with Gasteiger partial charge in [-0.1, -0.05) is 26.0 Å². The molecule has 0 bridgehead atoms. The SMILES string of the molecule is CCN(CC)c1ccc(NCCC(=O)Nc2ccc(C(C)C)cc2)cc1. The Bertz CT molecular complexity index is 674. The first-order chi connectivity index (χ1) is 12.5. The molecule has 0 spiro atoms. The van der Waals surface area contributed by atoms with Crippen LogP contribution in [0.15, 0.2) is 48.5 Å². The van der Waals surface area contributed by atoms with Crippen LogP contribution in [0.2, 0.25) is 0 Å². The number of nitrogens with one attached hydrogen (secondary N) is 2. The molecule has 0 atom stereocenters. The molecule has 2 rings (SSSR count). The Morgan fingerprint density at radius 1 is 0.923 bits per heavy atom. The molecule has 2 aromatic carbocycles. The fourth-order valence-electron chi connectivity index (χ4n) is 2.87. The van der Waals surface area contributed by atoms with Crippen LogP contribution in [0.1, 0.15) is 45.6 Å². The molecule has 0 saturated heterocycles. The van der Waals surface area contributed by atoms with E-state index in [1.807, 2.05) is 12.1 Å². The Morgan fingerprint density at radius 2 is 1.50 bits per heavy atom. The molecule has 0 fully saturated rings. The summed E-state index contributed by atoms with van der Waals surface area (Å²) in [5.74, 6) is 0.520. The van der Waals surface area contributed by atoms with E-state index < -0.39 is 0 Å². The maximum atomic E-state index is 12.1. The van der Waals surface area contributed by atoms with Crippen molar-refractivity contribution in [2.24, 2.45) is 0 Å². The first-order valence-corrected chi connectivity index (χ1v) is 9.52. The number of hydrogen-bond acceptors (Lipinski definition) is 3. The van der Waals surface area contributed by atoms with Gasteiger partial charge in [0.15, 0.2) is 0 Å². The summed E-state index contributed by atoms with van der Waals surface area (Å²) in [5.41, 5.74) is 4.39. The molecule has 0 aromatic heterocycles. The van der Waals surface area contributed by atoms with Crippen LogP contribution in [0, 0.1) is 0 Å². The van der Waals surface area contributed by atoms with Crippen LogP contribution in [0.25, 0.3) is 0 Å². The number of hydrogen-bond donors (Lipinski definition) is 2. The molecular weight excluding hydrogens is 322 g/mol. The maximum absolute atomic E-state index is 12.1. The molecule has 2 N–H and O–H groups in total. The molecule has 140 valence electrons. The van der Waals surface area contributed by atoms with E-state index in [1.165, 1.54) is 11.3 Å². The minimum Gasteiger partial charge on any atom is -0.385 e. The summed E-state index contributed by atoms with van der Waals surface area (Å²) in [6.07, 6.45) is 0.434. The molecule has 0 aliphatic carbocycles. The van der Waals surface area contributed by atoms with Gasteiger partial charge in [-0.3, -0.25) is 4.79 Å². The van der Waals surface area contributed by atoms with Gasteiger partial charge in [0, 0.05) is 43.1 Å². The van der Waals surface area contributed by atoms with E-state index in [4.69, 9.17) is 0 Å². The van der Waals surface area contributed by atoms with E-state index in [0.29, 0.717) is 18.9 Å². The molecule has 0 heterocycles. The van der Waals surface area contributed by atoms with Gasteiger partial charge in [0.25, 0.3) is 0 Å². The van der Waals surface area contributed by atoms with Gasteiger partial charge in [0.05, 0.1) is 0 Å². The van der Waals surface area contributed by atoms with Crippen LogP contribution in [0.3, 0.4) is 0 Å². The average Bonchev–Trinajstić information content (AvgIpc) is 2.64. The summed E-state index contributed by atoms with van der Waals surface area (Å²) in [6, 6.07) is 16.4. The summed E-state index contributed by atoms with van der Waals surface area (Å²) in [7, 11) is 0. The van der Waals surface area contributed by atoms with Crippen molar-refractivity contribution in [3.63, 3.8) is 0 Å². The van der Waals surface area contributed by atoms with Crippen molar-refractivity contribution in [1.82, 2.24) is 0 Å². The Hall–Kier alpha value is -2.49. The first kappa shape index (κ1) is 19.8. The Labute approximate surface area is 157 Å². The molecule has 26 heavy (non-hydrogen) atoms. The second-order valence-electron chi connectivity index (χ2n) is 6.72. The number of carbonyl (C=O) groups excluding carboxylic acids is 1. The second-order valence-corrected chi connectivity index (χ2v) is 6.72. The highest BCUT2D eigenvalue weighted by molar-refractivity contribution is 5.91. The third-order valence-electron chi connectivity index (χ3n) is 4.54. The van der Waals surface area contributed by atoms with E-state index in [1.54, 1.807) is 0 Å². The molecule has 4 heteroatoms. The minimum absolute atomic E-state index is 0.0227. The Morgan fingerprint density at radius 3 is 2.04 bits per heavy atom. The zero-order valence-corrected chi connectivity index (χ0v) is 16.4. The van der Waals surface area contributed by atoms with Crippen molar-refractivity contribution in [3.8, 4) is 0 Å². The van der Waals surface area contributed by atoms with Crippen molar-refractivity contribution in [2.75, 3.05) is 35.2 Å². The molecule has 0 saturated carbocycles. The minimum atomic E-state index is 0.0227. The average molecular weight is 354 g/mol. The van der Waals surface area contributed by atoms with Crippen molar-refractivity contribution in [3.05, 3.63) is 54.1 Å². The molecule has 0 radical (unpaired) electrons. The van der Waals surface area contributed by atoms with Crippen LogP contribution in [-0.2, 0) is 4.79 Å². The molecular formula is C22H31N3O. The normalized spacial score (nSPS) is 10.7. The fraction of sp³-hybridized carbons (Fsp3) is 0.409. The molecule has 1 amide bonds. The first-order valence-electron chi connectivity index (χ1n) is 9.52. The van der Waals surface area contributed by atoms with E-state index in [0.717, 1.165) is 24.5 Å². The summed E-state index contributed by atoms with van der Waals surface area (Å²) < 4.78 is 0. The van der Waals surface area contributed by atoms with Crippen LogP contribution in [0.4, 0.5) is 17.1 Å². The molecule has 0 aliphatic heterocycles. The van der Waals surface area contributed by atoms with Crippen molar-refractivity contribution in [2.45, 2.75) is 40.0 Å². The Balaban J connectivity index is 1.77. The molecule has 0 aliphatic rings. The monoisotopic (exact) mass is 353 g/mol. The van der Waals surface area contributed by atoms with Crippen LogP contribution < -0.4 is 15.5 Å². The van der Waals surface area contributed by atoms with Gasteiger partial charge in [-0.15, -0.1) is 0 Å². The lowest BCUT2D eigenvalue weighted by molar-refractivity contribution is -0.115. The van der Waals surface area contributed by atoms with Gasteiger partial charge < -0.3 is 15.5 Å². The zero-order chi connectivity index (χ0) is 18.9. The third kappa shape index (κ3) is 5.80. The highest BCUT2D eigenvalue weighted by atomic mass is 16.1. The van der Waals surface area contributed by atoms with Gasteiger partial charge in [-0.05, 0) is 61.7 Å². The molecule has 2 aromatic rings. The van der Waals surface area contributed by atoms with E-state index >= 15 is 0 Å². The predicted octanol–water partition coefficient (Wildman–Crippen LogP) is 5.10. The maximum Gasteiger partial charge on any atom is 0.226 e. The van der Waals surface area contributed by atoms with E-state index in [9.17, 15) is 4.79 Å². The lowest BCUT2D eigenvalue weighted by atomic mass is 10.0. The molecule has 0 unspecified atom stereocenters. The topological polar surface area (TPSA) is 44.4 Å². The highest BCUT2D eigenvalue weighted by Crippen LogP contribution is 2.18. The predicted molar refractivity (Wildman–Crippen MR) is 112 cm³/mol. The largest absolute Gasteiger partial charge is 0.385 e. The smallest absolute Gasteiger partial charge is 0.226 e.